The van der Waals surface area contributed by atoms with E-state index in [1.807, 2.05) is 38.0 Å². The smallest absolute Gasteiger partial charge is 0.195 e. The van der Waals surface area contributed by atoms with Gasteiger partial charge in [-0.1, -0.05) is 0 Å². The third kappa shape index (κ3) is 3.49. The lowest BCUT2D eigenvalue weighted by Gasteiger charge is -2.22. The van der Waals surface area contributed by atoms with E-state index < -0.39 is 0 Å². The van der Waals surface area contributed by atoms with Gasteiger partial charge in [0.05, 0.1) is 18.4 Å². The van der Waals surface area contributed by atoms with Crippen LogP contribution in [0.25, 0.3) is 0 Å². The normalized spacial score (nSPS) is 9.81. The summed E-state index contributed by atoms with van der Waals surface area (Å²) in [6.45, 7) is 0.450. The third-order valence-electron chi connectivity index (χ3n) is 1.97. The summed E-state index contributed by atoms with van der Waals surface area (Å²) >= 11 is 0. The molecule has 0 aliphatic heterocycles. The van der Waals surface area contributed by atoms with Crippen molar-refractivity contribution in [2.45, 2.75) is 6.54 Å². The Labute approximate surface area is 95.4 Å². The number of hydrogen-bond acceptors (Lipinski definition) is 2. The largest absolute Gasteiger partial charge is 0.349 e. The molecule has 1 aromatic rings. The van der Waals surface area contributed by atoms with Gasteiger partial charge in [0.15, 0.2) is 5.96 Å². The molecule has 1 rings (SSSR count). The standard InChI is InChI=1S/C11H17FN4/c1-15(2)11(16(3)4)14-8-10-6-5-9(12)7-13-10/h5-7H,8H2,1-4H3. The number of guanidine groups is 1. The van der Waals surface area contributed by atoms with Gasteiger partial charge in [-0.2, -0.15) is 0 Å². The molecule has 0 aliphatic carbocycles. The molecule has 4 nitrogen and oxygen atoms in total. The molecule has 0 amide bonds. The summed E-state index contributed by atoms with van der Waals surface area (Å²) < 4.78 is 12.6. The number of hydrogen-bond donors (Lipinski definition) is 0. The highest BCUT2D eigenvalue weighted by Gasteiger charge is 2.03. The van der Waals surface area contributed by atoms with Gasteiger partial charge in [-0.25, -0.2) is 9.38 Å². The van der Waals surface area contributed by atoms with Gasteiger partial charge in [-0.05, 0) is 12.1 Å². The maximum absolute atomic E-state index is 12.6. The lowest BCUT2D eigenvalue weighted by atomic mass is 10.3. The molecule has 0 atom stereocenters. The molecule has 0 fully saturated rings. The molecule has 0 saturated heterocycles. The second-order valence-electron chi connectivity index (χ2n) is 3.87. The van der Waals surface area contributed by atoms with Crippen LogP contribution in [0.1, 0.15) is 5.69 Å². The first-order valence-electron chi connectivity index (χ1n) is 5.00. The Kier molecular flexibility index (Phi) is 4.22. The molecule has 88 valence electrons. The van der Waals surface area contributed by atoms with E-state index in [0.717, 1.165) is 11.7 Å². The number of pyridine rings is 1. The fourth-order valence-corrected chi connectivity index (χ4v) is 1.33. The number of halogens is 1. The molecule has 0 N–H and O–H groups in total. The number of nitrogens with zero attached hydrogens (tertiary/aromatic N) is 4. The Morgan fingerprint density at radius 3 is 2.31 bits per heavy atom. The Balaban J connectivity index is 2.73. The summed E-state index contributed by atoms with van der Waals surface area (Å²) in [6, 6.07) is 3.03. The number of aromatic nitrogens is 1. The van der Waals surface area contributed by atoms with Crippen LogP contribution < -0.4 is 0 Å². The average molecular weight is 224 g/mol. The van der Waals surface area contributed by atoms with Gasteiger partial charge < -0.3 is 9.80 Å². The van der Waals surface area contributed by atoms with Crippen LogP contribution in [0.3, 0.4) is 0 Å². The van der Waals surface area contributed by atoms with Crippen molar-refractivity contribution >= 4 is 5.96 Å². The van der Waals surface area contributed by atoms with E-state index in [-0.39, 0.29) is 5.82 Å². The van der Waals surface area contributed by atoms with E-state index in [9.17, 15) is 4.39 Å². The molecule has 5 heteroatoms. The van der Waals surface area contributed by atoms with Gasteiger partial charge in [0.2, 0.25) is 0 Å². The van der Waals surface area contributed by atoms with E-state index in [4.69, 9.17) is 0 Å². The van der Waals surface area contributed by atoms with E-state index in [0.29, 0.717) is 6.54 Å². The second-order valence-corrected chi connectivity index (χ2v) is 3.87. The lowest BCUT2D eigenvalue weighted by molar-refractivity contribution is 0.479. The third-order valence-corrected chi connectivity index (χ3v) is 1.97. The zero-order valence-corrected chi connectivity index (χ0v) is 10.1. The summed E-state index contributed by atoms with van der Waals surface area (Å²) in [6.07, 6.45) is 1.20. The fraction of sp³-hybridized carbons (Fsp3) is 0.455. The van der Waals surface area contributed by atoms with Crippen molar-refractivity contribution < 1.29 is 4.39 Å². The molecular formula is C11H17FN4. The molecule has 1 aromatic heterocycles. The summed E-state index contributed by atoms with van der Waals surface area (Å²) in [4.78, 5) is 12.2. The summed E-state index contributed by atoms with van der Waals surface area (Å²) in [5.74, 6) is 0.527. The molecule has 0 saturated carbocycles. The first-order valence-corrected chi connectivity index (χ1v) is 5.00. The van der Waals surface area contributed by atoms with E-state index in [1.54, 1.807) is 6.07 Å². The van der Waals surface area contributed by atoms with E-state index in [1.165, 1.54) is 12.3 Å². The van der Waals surface area contributed by atoms with Crippen molar-refractivity contribution in [1.82, 2.24) is 14.8 Å². The van der Waals surface area contributed by atoms with Crippen LogP contribution in [0.5, 0.6) is 0 Å². The maximum Gasteiger partial charge on any atom is 0.195 e. The second kappa shape index (κ2) is 5.44. The van der Waals surface area contributed by atoms with Crippen molar-refractivity contribution in [1.29, 1.82) is 0 Å². The molecule has 0 radical (unpaired) electrons. The molecule has 0 aliphatic rings. The highest BCUT2D eigenvalue weighted by molar-refractivity contribution is 5.79. The van der Waals surface area contributed by atoms with Gasteiger partial charge in [0, 0.05) is 28.2 Å². The van der Waals surface area contributed by atoms with Gasteiger partial charge in [0.1, 0.15) is 5.82 Å². The minimum atomic E-state index is -0.326. The zero-order chi connectivity index (χ0) is 12.1. The van der Waals surface area contributed by atoms with Gasteiger partial charge in [0.25, 0.3) is 0 Å². The molecule has 0 aromatic carbocycles. The van der Waals surface area contributed by atoms with Crippen molar-refractivity contribution in [2.75, 3.05) is 28.2 Å². The number of aliphatic imine (C=N–C) groups is 1. The first-order chi connectivity index (χ1) is 7.50. The van der Waals surface area contributed by atoms with Crippen LogP contribution >= 0.6 is 0 Å². The van der Waals surface area contributed by atoms with Crippen molar-refractivity contribution in [2.24, 2.45) is 4.99 Å². The molecule has 0 bridgehead atoms. The van der Waals surface area contributed by atoms with Gasteiger partial charge in [-0.15, -0.1) is 0 Å². The number of rotatable bonds is 2. The van der Waals surface area contributed by atoms with Crippen LogP contribution in [0.4, 0.5) is 4.39 Å². The SMILES string of the molecule is CN(C)C(=NCc1ccc(F)cn1)N(C)C. The molecule has 1 heterocycles. The predicted molar refractivity (Wildman–Crippen MR) is 62.7 cm³/mol. The Hall–Kier alpha value is -1.65. The van der Waals surface area contributed by atoms with Crippen molar-refractivity contribution in [3.05, 3.63) is 29.8 Å². The quantitative estimate of drug-likeness (QED) is 0.559. The van der Waals surface area contributed by atoms with Crippen LogP contribution in [-0.2, 0) is 6.54 Å². The summed E-state index contributed by atoms with van der Waals surface area (Å²) in [5.41, 5.74) is 0.752. The van der Waals surface area contributed by atoms with Gasteiger partial charge in [-0.3, -0.25) is 4.98 Å². The highest BCUT2D eigenvalue weighted by Crippen LogP contribution is 2.01. The van der Waals surface area contributed by atoms with E-state index >= 15 is 0 Å². The summed E-state index contributed by atoms with van der Waals surface area (Å²) in [7, 11) is 7.71. The van der Waals surface area contributed by atoms with Crippen LogP contribution in [0.2, 0.25) is 0 Å². The highest BCUT2D eigenvalue weighted by atomic mass is 19.1. The summed E-state index contributed by atoms with van der Waals surface area (Å²) in [5, 5.41) is 0. The Morgan fingerprint density at radius 2 is 1.88 bits per heavy atom. The molecule has 0 unspecified atom stereocenters. The zero-order valence-electron chi connectivity index (χ0n) is 10.1. The fourth-order valence-electron chi connectivity index (χ4n) is 1.33. The van der Waals surface area contributed by atoms with Crippen molar-refractivity contribution in [3.63, 3.8) is 0 Å². The Morgan fingerprint density at radius 1 is 1.25 bits per heavy atom. The molecular weight excluding hydrogens is 207 g/mol. The monoisotopic (exact) mass is 224 g/mol. The maximum atomic E-state index is 12.6. The first kappa shape index (κ1) is 12.4. The molecule has 16 heavy (non-hydrogen) atoms. The Bertz CT molecular complexity index is 347. The lowest BCUT2D eigenvalue weighted by Crippen LogP contribution is -2.35. The average Bonchev–Trinajstić information content (AvgIpc) is 2.20. The van der Waals surface area contributed by atoms with Crippen LogP contribution in [0.15, 0.2) is 23.3 Å². The van der Waals surface area contributed by atoms with Crippen LogP contribution in [0, 0.1) is 5.82 Å². The molecule has 0 spiro atoms. The minimum Gasteiger partial charge on any atom is -0.349 e. The van der Waals surface area contributed by atoms with Crippen LogP contribution in [-0.4, -0.2) is 48.9 Å². The van der Waals surface area contributed by atoms with E-state index in [2.05, 4.69) is 9.98 Å². The minimum absolute atomic E-state index is 0.326. The topological polar surface area (TPSA) is 31.7 Å². The van der Waals surface area contributed by atoms with Gasteiger partial charge >= 0.3 is 0 Å². The predicted octanol–water partition coefficient (Wildman–Crippen LogP) is 1.20. The van der Waals surface area contributed by atoms with Crippen molar-refractivity contribution in [3.8, 4) is 0 Å².